The lowest BCUT2D eigenvalue weighted by Crippen LogP contribution is -2.28. The van der Waals surface area contributed by atoms with Gasteiger partial charge in [0.1, 0.15) is 0 Å². The summed E-state index contributed by atoms with van der Waals surface area (Å²) in [6.45, 7) is 0. The first-order valence-corrected chi connectivity index (χ1v) is 9.18. The Morgan fingerprint density at radius 2 is 1.68 bits per heavy atom. The molecule has 4 rings (SSSR count). The summed E-state index contributed by atoms with van der Waals surface area (Å²) in [5, 5.41) is 4.42. The van der Waals surface area contributed by atoms with Gasteiger partial charge in [0.2, 0.25) is 5.78 Å². The van der Waals surface area contributed by atoms with E-state index in [4.69, 9.17) is 23.2 Å². The van der Waals surface area contributed by atoms with Crippen molar-refractivity contribution in [2.45, 2.75) is 0 Å². The lowest BCUT2D eigenvalue weighted by molar-refractivity contribution is 0.0988. The van der Waals surface area contributed by atoms with Gasteiger partial charge in [-0.2, -0.15) is 4.98 Å². The number of nitrogens with zero attached hydrogens (tertiary/aromatic N) is 4. The Balaban J connectivity index is 1.76. The van der Waals surface area contributed by atoms with E-state index in [1.807, 2.05) is 12.1 Å². The van der Waals surface area contributed by atoms with Gasteiger partial charge in [-0.3, -0.25) is 9.20 Å². The first-order valence-electron chi connectivity index (χ1n) is 8.42. The number of hydrogen-bond donors (Lipinski definition) is 1. The van der Waals surface area contributed by atoms with Crippen LogP contribution in [-0.2, 0) is 0 Å². The minimum Gasteiger partial charge on any atom is -0.338 e. The molecule has 2 heterocycles. The summed E-state index contributed by atoms with van der Waals surface area (Å²) in [5.74, 6) is 0.595. The molecular formula is C20H15Cl2N5O. The molecule has 0 spiro atoms. The molecule has 140 valence electrons. The zero-order valence-corrected chi connectivity index (χ0v) is 16.3. The van der Waals surface area contributed by atoms with Crippen molar-refractivity contribution < 1.29 is 4.79 Å². The fourth-order valence-electron chi connectivity index (χ4n) is 2.79. The van der Waals surface area contributed by atoms with Crippen LogP contribution in [-0.4, -0.2) is 27.3 Å². The standard InChI is InChI=1S/C20H15Cl2N5O/c1-26(16-9-5-14(22)6-10-16)19(28)17-18(24-15-7-3-13(21)4-8-15)25-20-23-11-2-12-27(17)20/h2-12,24H,1H3. The maximum atomic E-state index is 13.3. The SMILES string of the molecule is CN(C(=O)c1c(Nc2ccc(Cl)cc2)nc2ncccn12)c1ccc(Cl)cc1. The van der Waals surface area contributed by atoms with Crippen molar-refractivity contribution in [2.75, 3.05) is 17.3 Å². The number of nitrogens with one attached hydrogen (secondary N) is 1. The van der Waals surface area contributed by atoms with Crippen LogP contribution in [0.5, 0.6) is 0 Å². The molecule has 1 N–H and O–H groups in total. The van der Waals surface area contributed by atoms with Crippen LogP contribution in [0, 0.1) is 0 Å². The van der Waals surface area contributed by atoms with Crippen molar-refractivity contribution in [3.05, 3.63) is 82.7 Å². The van der Waals surface area contributed by atoms with Gasteiger partial charge in [0.05, 0.1) is 0 Å². The van der Waals surface area contributed by atoms with Crippen molar-refractivity contribution in [1.82, 2.24) is 14.4 Å². The minimum absolute atomic E-state index is 0.237. The van der Waals surface area contributed by atoms with Crippen molar-refractivity contribution in [2.24, 2.45) is 0 Å². The first-order chi connectivity index (χ1) is 13.5. The van der Waals surface area contributed by atoms with E-state index in [2.05, 4.69) is 15.3 Å². The molecule has 0 saturated carbocycles. The molecule has 0 fully saturated rings. The Kier molecular flexibility index (Phi) is 4.90. The lowest BCUT2D eigenvalue weighted by Gasteiger charge is -2.18. The van der Waals surface area contributed by atoms with E-state index in [0.29, 0.717) is 33.0 Å². The number of aromatic nitrogens is 3. The number of imidazole rings is 1. The number of halogens is 2. The number of carbonyl (C=O) groups excluding carboxylic acids is 1. The number of anilines is 3. The van der Waals surface area contributed by atoms with Gasteiger partial charge < -0.3 is 10.2 Å². The van der Waals surface area contributed by atoms with Crippen LogP contribution >= 0.6 is 23.2 Å². The topological polar surface area (TPSA) is 62.5 Å². The molecule has 0 aliphatic rings. The molecule has 1 amide bonds. The van der Waals surface area contributed by atoms with Crippen LogP contribution in [0.1, 0.15) is 10.5 Å². The molecule has 0 bridgehead atoms. The van der Waals surface area contributed by atoms with Gasteiger partial charge in [0.15, 0.2) is 11.5 Å². The van der Waals surface area contributed by atoms with Crippen LogP contribution in [0.2, 0.25) is 10.0 Å². The normalized spacial score (nSPS) is 10.8. The molecule has 28 heavy (non-hydrogen) atoms. The fraction of sp³-hybridized carbons (Fsp3) is 0.0500. The van der Waals surface area contributed by atoms with Gasteiger partial charge in [-0.05, 0) is 54.6 Å². The van der Waals surface area contributed by atoms with Crippen LogP contribution in [0.15, 0.2) is 67.0 Å². The van der Waals surface area contributed by atoms with E-state index in [9.17, 15) is 4.79 Å². The molecule has 0 aliphatic carbocycles. The van der Waals surface area contributed by atoms with Gasteiger partial charge in [-0.1, -0.05) is 23.2 Å². The lowest BCUT2D eigenvalue weighted by atomic mass is 10.2. The number of benzene rings is 2. The van der Waals surface area contributed by atoms with Crippen LogP contribution in [0.3, 0.4) is 0 Å². The Morgan fingerprint density at radius 1 is 1.04 bits per heavy atom. The average Bonchev–Trinajstić information content (AvgIpc) is 3.07. The van der Waals surface area contributed by atoms with Gasteiger partial charge in [0.25, 0.3) is 5.91 Å². The average molecular weight is 412 g/mol. The van der Waals surface area contributed by atoms with Crippen LogP contribution < -0.4 is 10.2 Å². The molecule has 0 unspecified atom stereocenters. The number of rotatable bonds is 4. The van der Waals surface area contributed by atoms with Gasteiger partial charge in [-0.15, -0.1) is 0 Å². The zero-order valence-electron chi connectivity index (χ0n) is 14.8. The third-order valence-electron chi connectivity index (χ3n) is 4.23. The highest BCUT2D eigenvalue weighted by Crippen LogP contribution is 2.26. The van der Waals surface area contributed by atoms with Crippen molar-refractivity contribution in [1.29, 1.82) is 0 Å². The third-order valence-corrected chi connectivity index (χ3v) is 4.74. The summed E-state index contributed by atoms with van der Waals surface area (Å²) in [6, 6.07) is 16.0. The van der Waals surface area contributed by atoms with Crippen molar-refractivity contribution in [3.63, 3.8) is 0 Å². The number of carbonyl (C=O) groups is 1. The maximum absolute atomic E-state index is 13.3. The quantitative estimate of drug-likeness (QED) is 0.509. The molecule has 6 nitrogen and oxygen atoms in total. The summed E-state index contributed by atoms with van der Waals surface area (Å²) in [6.07, 6.45) is 3.39. The van der Waals surface area contributed by atoms with Crippen LogP contribution in [0.4, 0.5) is 17.2 Å². The predicted octanol–water partition coefficient (Wildman–Crippen LogP) is 5.06. The van der Waals surface area contributed by atoms with E-state index in [1.165, 1.54) is 0 Å². The Bertz CT molecular complexity index is 1140. The first kappa shape index (κ1) is 18.3. The number of hydrogen-bond acceptors (Lipinski definition) is 4. The van der Waals surface area contributed by atoms with Gasteiger partial charge >= 0.3 is 0 Å². The van der Waals surface area contributed by atoms with Crippen molar-refractivity contribution >= 4 is 52.1 Å². The molecule has 0 radical (unpaired) electrons. The Hall–Kier alpha value is -3.09. The predicted molar refractivity (Wildman–Crippen MR) is 112 cm³/mol. The molecule has 0 atom stereocenters. The van der Waals surface area contributed by atoms with Gasteiger partial charge in [0, 0.05) is 40.9 Å². The number of amides is 1. The third kappa shape index (κ3) is 3.52. The molecule has 2 aromatic carbocycles. The van der Waals surface area contributed by atoms with E-state index in [-0.39, 0.29) is 5.91 Å². The highest BCUT2D eigenvalue weighted by atomic mass is 35.5. The van der Waals surface area contributed by atoms with Crippen LogP contribution in [0.25, 0.3) is 5.78 Å². The monoisotopic (exact) mass is 411 g/mol. The van der Waals surface area contributed by atoms with E-state index >= 15 is 0 Å². The second-order valence-corrected chi connectivity index (χ2v) is 6.94. The van der Waals surface area contributed by atoms with E-state index in [1.54, 1.807) is 71.2 Å². The highest BCUT2D eigenvalue weighted by molar-refractivity contribution is 6.31. The smallest absolute Gasteiger partial charge is 0.278 e. The summed E-state index contributed by atoms with van der Waals surface area (Å²) < 4.78 is 1.66. The fourth-order valence-corrected chi connectivity index (χ4v) is 3.04. The minimum atomic E-state index is -0.237. The second kappa shape index (κ2) is 7.50. The number of fused-ring (bicyclic) bond motifs is 1. The molecule has 4 aromatic rings. The Morgan fingerprint density at radius 3 is 2.36 bits per heavy atom. The summed E-state index contributed by atoms with van der Waals surface area (Å²) >= 11 is 11.9. The maximum Gasteiger partial charge on any atom is 0.278 e. The molecule has 8 heteroatoms. The van der Waals surface area contributed by atoms with Crippen molar-refractivity contribution in [3.8, 4) is 0 Å². The zero-order chi connectivity index (χ0) is 19.7. The highest BCUT2D eigenvalue weighted by Gasteiger charge is 2.24. The summed E-state index contributed by atoms with van der Waals surface area (Å²) in [4.78, 5) is 23.6. The summed E-state index contributed by atoms with van der Waals surface area (Å²) in [7, 11) is 1.70. The van der Waals surface area contributed by atoms with E-state index < -0.39 is 0 Å². The summed E-state index contributed by atoms with van der Waals surface area (Å²) in [5.41, 5.74) is 1.84. The largest absolute Gasteiger partial charge is 0.338 e. The molecule has 0 saturated heterocycles. The van der Waals surface area contributed by atoms with E-state index in [0.717, 1.165) is 5.69 Å². The molecule has 2 aromatic heterocycles. The Labute approximate surface area is 171 Å². The molecule has 0 aliphatic heterocycles. The second-order valence-electron chi connectivity index (χ2n) is 6.07. The molecular weight excluding hydrogens is 397 g/mol. The van der Waals surface area contributed by atoms with Gasteiger partial charge in [-0.25, -0.2) is 4.98 Å².